The minimum Gasteiger partial charge on any atom is -0.484 e. The number of nitrogens with one attached hydrogen (secondary N) is 1. The van der Waals surface area contributed by atoms with E-state index in [1.807, 2.05) is 0 Å². The molecule has 21 heavy (non-hydrogen) atoms. The normalized spacial score (nSPS) is 10.5. The van der Waals surface area contributed by atoms with Gasteiger partial charge in [0.15, 0.2) is 6.61 Å². The molecular weight excluding hydrogens is 275 g/mol. The van der Waals surface area contributed by atoms with E-state index in [1.54, 1.807) is 30.3 Å². The highest BCUT2D eigenvalue weighted by Crippen LogP contribution is 2.14. The first-order chi connectivity index (χ1) is 10.2. The third-order valence-electron chi connectivity index (χ3n) is 2.58. The average molecular weight is 288 g/mol. The number of nitrogens with zero attached hydrogens (tertiary/aromatic N) is 1. The van der Waals surface area contributed by atoms with E-state index >= 15 is 0 Å². The fraction of sp³-hybridized carbons (Fsp3) is 0.0667. The van der Waals surface area contributed by atoms with Gasteiger partial charge in [-0.2, -0.15) is 0 Å². The number of anilines is 1. The van der Waals surface area contributed by atoms with Crippen LogP contribution in [0.4, 0.5) is 10.1 Å². The second-order valence-electron chi connectivity index (χ2n) is 4.13. The number of halogens is 1. The molecule has 0 bridgehead atoms. The summed E-state index contributed by atoms with van der Waals surface area (Å²) in [4.78, 5) is 11.7. The van der Waals surface area contributed by atoms with E-state index in [0.29, 0.717) is 11.3 Å². The van der Waals surface area contributed by atoms with Crippen molar-refractivity contribution in [2.24, 2.45) is 5.16 Å². The molecule has 0 aromatic heterocycles. The molecule has 0 saturated carbocycles. The second-order valence-corrected chi connectivity index (χ2v) is 4.13. The van der Waals surface area contributed by atoms with Crippen molar-refractivity contribution in [1.82, 2.24) is 0 Å². The number of rotatable bonds is 5. The van der Waals surface area contributed by atoms with Gasteiger partial charge in [-0.25, -0.2) is 4.39 Å². The summed E-state index contributed by atoms with van der Waals surface area (Å²) in [6, 6.07) is 12.6. The zero-order chi connectivity index (χ0) is 15.1. The molecule has 2 N–H and O–H groups in total. The van der Waals surface area contributed by atoms with Gasteiger partial charge in [0.05, 0.1) is 11.9 Å². The van der Waals surface area contributed by atoms with Gasteiger partial charge in [-0.15, -0.1) is 0 Å². The zero-order valence-corrected chi connectivity index (χ0v) is 11.0. The Balaban J connectivity index is 1.92. The van der Waals surface area contributed by atoms with Crippen LogP contribution in [0.2, 0.25) is 0 Å². The van der Waals surface area contributed by atoms with Crippen LogP contribution in [-0.4, -0.2) is 23.9 Å². The van der Waals surface area contributed by atoms with Crippen LogP contribution in [0.3, 0.4) is 0 Å². The minimum atomic E-state index is -0.507. The summed E-state index contributed by atoms with van der Waals surface area (Å²) in [6.45, 7) is -0.256. The number of carbonyl (C=O) groups excluding carboxylic acids is 1. The minimum absolute atomic E-state index is 0.104. The van der Waals surface area contributed by atoms with E-state index in [1.165, 1.54) is 24.4 Å². The van der Waals surface area contributed by atoms with E-state index in [2.05, 4.69) is 10.5 Å². The molecule has 6 heteroatoms. The van der Waals surface area contributed by atoms with Gasteiger partial charge in [0.2, 0.25) is 0 Å². The van der Waals surface area contributed by atoms with Crippen molar-refractivity contribution in [2.45, 2.75) is 0 Å². The molecule has 108 valence electrons. The Morgan fingerprint density at radius 2 is 2.10 bits per heavy atom. The third-order valence-corrected chi connectivity index (χ3v) is 2.58. The van der Waals surface area contributed by atoms with Crippen LogP contribution in [0.15, 0.2) is 53.7 Å². The van der Waals surface area contributed by atoms with Gasteiger partial charge < -0.3 is 15.3 Å². The molecule has 0 fully saturated rings. The van der Waals surface area contributed by atoms with Gasteiger partial charge in [-0.1, -0.05) is 29.4 Å². The largest absolute Gasteiger partial charge is 0.484 e. The van der Waals surface area contributed by atoms with Crippen LogP contribution in [0.5, 0.6) is 5.75 Å². The number of amides is 1. The Labute approximate surface area is 120 Å². The molecule has 2 aromatic rings. The fourth-order valence-corrected chi connectivity index (χ4v) is 1.65. The zero-order valence-electron chi connectivity index (χ0n) is 11.0. The van der Waals surface area contributed by atoms with Gasteiger partial charge in [0, 0.05) is 0 Å². The highest BCUT2D eigenvalue weighted by molar-refractivity contribution is 5.92. The number of para-hydroxylation sites is 1. The molecule has 2 aromatic carbocycles. The lowest BCUT2D eigenvalue weighted by atomic mass is 10.2. The lowest BCUT2D eigenvalue weighted by Crippen LogP contribution is -2.20. The van der Waals surface area contributed by atoms with Crippen LogP contribution >= 0.6 is 0 Å². The molecule has 0 unspecified atom stereocenters. The average Bonchev–Trinajstić information content (AvgIpc) is 2.48. The van der Waals surface area contributed by atoms with Crippen LogP contribution in [0.25, 0.3) is 0 Å². The first-order valence-corrected chi connectivity index (χ1v) is 6.14. The predicted molar refractivity (Wildman–Crippen MR) is 76.3 cm³/mol. The van der Waals surface area contributed by atoms with E-state index in [0.717, 1.165) is 0 Å². The Hall–Kier alpha value is -2.89. The number of carbonyl (C=O) groups is 1. The summed E-state index contributed by atoms with van der Waals surface area (Å²) >= 11 is 0. The maximum atomic E-state index is 13.4. The molecule has 0 spiro atoms. The Morgan fingerprint density at radius 1 is 1.29 bits per heavy atom. The van der Waals surface area contributed by atoms with Gasteiger partial charge in [0.25, 0.3) is 5.91 Å². The van der Waals surface area contributed by atoms with Crippen molar-refractivity contribution < 1.29 is 19.1 Å². The Bertz CT molecular complexity index is 659. The van der Waals surface area contributed by atoms with Crippen molar-refractivity contribution >= 4 is 17.8 Å². The maximum absolute atomic E-state index is 13.4. The quantitative estimate of drug-likeness (QED) is 0.505. The smallest absolute Gasteiger partial charge is 0.262 e. The molecule has 0 aliphatic heterocycles. The molecule has 0 aliphatic carbocycles. The summed E-state index contributed by atoms with van der Waals surface area (Å²) in [7, 11) is 0. The lowest BCUT2D eigenvalue weighted by molar-refractivity contribution is -0.118. The molecule has 0 saturated heterocycles. The first-order valence-electron chi connectivity index (χ1n) is 6.14. The molecule has 0 atom stereocenters. The molecular formula is C15H13FN2O3. The van der Waals surface area contributed by atoms with Crippen LogP contribution in [-0.2, 0) is 4.79 Å². The predicted octanol–water partition coefficient (Wildman–Crippen LogP) is 2.65. The molecule has 2 rings (SSSR count). The van der Waals surface area contributed by atoms with Crippen molar-refractivity contribution in [3.63, 3.8) is 0 Å². The standard InChI is InChI=1S/C15H13FN2O3/c16-13-6-1-2-7-14(13)18-15(19)10-21-12-5-3-4-11(8-12)9-17-20/h1-9,20H,10H2,(H,18,19). The third kappa shape index (κ3) is 4.31. The lowest BCUT2D eigenvalue weighted by Gasteiger charge is -2.08. The Kier molecular flexibility index (Phi) is 4.87. The van der Waals surface area contributed by atoms with Gasteiger partial charge in [-0.3, -0.25) is 4.79 Å². The highest BCUT2D eigenvalue weighted by atomic mass is 19.1. The van der Waals surface area contributed by atoms with Crippen molar-refractivity contribution in [3.8, 4) is 5.75 Å². The number of oxime groups is 1. The van der Waals surface area contributed by atoms with E-state index in [9.17, 15) is 9.18 Å². The number of ether oxygens (including phenoxy) is 1. The van der Waals surface area contributed by atoms with Crippen molar-refractivity contribution in [3.05, 3.63) is 59.9 Å². The molecule has 0 heterocycles. The summed E-state index contributed by atoms with van der Waals surface area (Å²) in [5.41, 5.74) is 0.733. The highest BCUT2D eigenvalue weighted by Gasteiger charge is 2.07. The van der Waals surface area contributed by atoms with E-state index in [-0.39, 0.29) is 12.3 Å². The van der Waals surface area contributed by atoms with E-state index < -0.39 is 11.7 Å². The summed E-state index contributed by atoms with van der Waals surface area (Å²) in [5.74, 6) is -0.538. The fourth-order valence-electron chi connectivity index (χ4n) is 1.65. The summed E-state index contributed by atoms with van der Waals surface area (Å²) in [5, 5.41) is 13.8. The molecule has 5 nitrogen and oxygen atoms in total. The van der Waals surface area contributed by atoms with Gasteiger partial charge in [0.1, 0.15) is 11.6 Å². The van der Waals surface area contributed by atoms with Gasteiger partial charge >= 0.3 is 0 Å². The molecule has 1 amide bonds. The molecule has 0 aliphatic rings. The van der Waals surface area contributed by atoms with Crippen LogP contribution in [0, 0.1) is 5.82 Å². The van der Waals surface area contributed by atoms with Crippen molar-refractivity contribution in [1.29, 1.82) is 0 Å². The molecule has 0 radical (unpaired) electrons. The van der Waals surface area contributed by atoms with E-state index in [4.69, 9.17) is 9.94 Å². The number of hydrogen-bond acceptors (Lipinski definition) is 4. The number of benzene rings is 2. The van der Waals surface area contributed by atoms with Crippen LogP contribution < -0.4 is 10.1 Å². The first kappa shape index (κ1) is 14.5. The van der Waals surface area contributed by atoms with Gasteiger partial charge in [-0.05, 0) is 29.8 Å². The van der Waals surface area contributed by atoms with Crippen molar-refractivity contribution in [2.75, 3.05) is 11.9 Å². The second kappa shape index (κ2) is 7.04. The SMILES string of the molecule is O=C(COc1cccc(C=NO)c1)Nc1ccccc1F. The number of hydrogen-bond donors (Lipinski definition) is 2. The van der Waals surface area contributed by atoms with Crippen LogP contribution in [0.1, 0.15) is 5.56 Å². The summed E-state index contributed by atoms with van der Waals surface area (Å²) in [6.07, 6.45) is 1.24. The maximum Gasteiger partial charge on any atom is 0.262 e. The topological polar surface area (TPSA) is 70.9 Å². The Morgan fingerprint density at radius 3 is 2.86 bits per heavy atom. The summed E-state index contributed by atoms with van der Waals surface area (Å²) < 4.78 is 18.6. The monoisotopic (exact) mass is 288 g/mol.